The molecule has 1 amide bonds. The van der Waals surface area contributed by atoms with Gasteiger partial charge in [0.15, 0.2) is 5.60 Å². The Morgan fingerprint density at radius 3 is 2.58 bits per heavy atom. The highest BCUT2D eigenvalue weighted by Gasteiger charge is 2.45. The minimum Gasteiger partial charge on any atom is -0.458 e. The fourth-order valence-corrected chi connectivity index (χ4v) is 7.51. The van der Waals surface area contributed by atoms with Gasteiger partial charge in [0.05, 0.1) is 29.0 Å². The van der Waals surface area contributed by atoms with Crippen LogP contribution in [-0.2, 0) is 28.3 Å². The summed E-state index contributed by atoms with van der Waals surface area (Å²) in [7, 11) is 1.71. The first-order valence-electron chi connectivity index (χ1n) is 16.0. The zero-order chi connectivity index (χ0) is 31.5. The van der Waals surface area contributed by atoms with Crippen LogP contribution in [0, 0.1) is 0 Å². The molecule has 6 heterocycles. The van der Waals surface area contributed by atoms with Gasteiger partial charge in [-0.25, -0.2) is 14.6 Å². The van der Waals surface area contributed by atoms with Gasteiger partial charge in [-0.15, -0.1) is 0 Å². The number of nitrogens with zero attached hydrogens (tertiary/aromatic N) is 5. The van der Waals surface area contributed by atoms with Crippen molar-refractivity contribution in [2.45, 2.75) is 77.2 Å². The van der Waals surface area contributed by atoms with Gasteiger partial charge in [-0.2, -0.15) is 0 Å². The van der Waals surface area contributed by atoms with E-state index in [4.69, 9.17) is 14.5 Å². The van der Waals surface area contributed by atoms with Gasteiger partial charge >= 0.3 is 12.1 Å². The Kier molecular flexibility index (Phi) is 7.48. The van der Waals surface area contributed by atoms with Gasteiger partial charge in [-0.1, -0.05) is 13.3 Å². The van der Waals surface area contributed by atoms with Crippen LogP contribution in [0.2, 0.25) is 0 Å². The lowest BCUT2D eigenvalue weighted by Crippen LogP contribution is -2.48. The van der Waals surface area contributed by atoms with E-state index in [0.717, 1.165) is 48.2 Å². The van der Waals surface area contributed by atoms with Crippen LogP contribution in [-0.4, -0.2) is 81.5 Å². The molecule has 11 nitrogen and oxygen atoms in total. The number of cyclic esters (lactones) is 1. The Bertz CT molecular complexity index is 1800. The second-order valence-electron chi connectivity index (χ2n) is 12.6. The molecular weight excluding hydrogens is 574 g/mol. The Hall–Kier alpha value is -4.09. The highest BCUT2D eigenvalue weighted by atomic mass is 16.6. The third-order valence-corrected chi connectivity index (χ3v) is 10.2. The molecule has 2 fully saturated rings. The summed E-state index contributed by atoms with van der Waals surface area (Å²) >= 11 is 0. The Morgan fingerprint density at radius 1 is 1.11 bits per heavy atom. The minimum absolute atomic E-state index is 0.0739. The van der Waals surface area contributed by atoms with E-state index in [9.17, 15) is 19.5 Å². The largest absolute Gasteiger partial charge is 0.458 e. The number of aliphatic imine (C=N–C) groups is 1. The summed E-state index contributed by atoms with van der Waals surface area (Å²) in [4.78, 5) is 53.3. The fraction of sp³-hybridized carbons (Fsp3) is 0.500. The van der Waals surface area contributed by atoms with Crippen molar-refractivity contribution in [2.75, 3.05) is 33.2 Å². The van der Waals surface area contributed by atoms with Gasteiger partial charge in [-0.05, 0) is 76.4 Å². The fourth-order valence-electron chi connectivity index (χ4n) is 7.51. The van der Waals surface area contributed by atoms with Crippen molar-refractivity contribution in [3.8, 4) is 17.1 Å². The molecule has 2 saturated heterocycles. The molecule has 0 saturated carbocycles. The number of piperidine rings is 2. The van der Waals surface area contributed by atoms with Gasteiger partial charge < -0.3 is 28.9 Å². The Balaban J connectivity index is 1.21. The van der Waals surface area contributed by atoms with Gasteiger partial charge in [0, 0.05) is 54.0 Å². The predicted octanol–water partition coefficient (Wildman–Crippen LogP) is 3.97. The third-order valence-electron chi connectivity index (χ3n) is 10.2. The number of carbonyl (C=O) groups excluding carboxylic acids is 2. The standard InChI is InChI=1S/C34H39N5O6/c1-4-34(43)26-17-28-30-24(18-39(28)31(40)25(26)19-44-32(34)41)29(20(2)35-3)23-16-22(8-9-27(23)36-30)45-33(42)38-14-10-21(11-15-38)37-12-6-5-7-13-37/h8-9,16-17,21,43H,4-7,10-15,18-19H2,1-3H3/t34-/m0/s1. The average Bonchev–Trinajstić information content (AvgIpc) is 3.44. The molecule has 2 aromatic heterocycles. The molecule has 1 aromatic carbocycles. The number of pyridine rings is 2. The topological polar surface area (TPSA) is 127 Å². The molecule has 1 atom stereocenters. The molecule has 0 radical (unpaired) electrons. The SMILES string of the molecule is CC[C@@]1(O)C(=O)OCc2c1cc1n(c2=O)Cc2c-1nc1ccc(OC(=O)N3CCC(N4CCCCC4)CC3)cc1c2C(C)=NC. The van der Waals surface area contributed by atoms with Crippen LogP contribution < -0.4 is 10.3 Å². The van der Waals surface area contributed by atoms with Crippen molar-refractivity contribution in [3.05, 3.63) is 56.9 Å². The summed E-state index contributed by atoms with van der Waals surface area (Å²) in [6, 6.07) is 7.62. The predicted molar refractivity (Wildman–Crippen MR) is 169 cm³/mol. The zero-order valence-corrected chi connectivity index (χ0v) is 26.1. The number of aliphatic hydroxyl groups is 1. The van der Waals surface area contributed by atoms with Crippen LogP contribution in [0.3, 0.4) is 0 Å². The summed E-state index contributed by atoms with van der Waals surface area (Å²) in [6.07, 6.45) is 5.46. The quantitative estimate of drug-likeness (QED) is 0.271. The summed E-state index contributed by atoms with van der Waals surface area (Å²) < 4.78 is 12.7. The Morgan fingerprint density at radius 2 is 1.87 bits per heavy atom. The van der Waals surface area contributed by atoms with Gasteiger partial charge in [0.25, 0.3) is 5.56 Å². The lowest BCUT2D eigenvalue weighted by molar-refractivity contribution is -0.172. The molecule has 3 aromatic rings. The second kappa shape index (κ2) is 11.4. The first kappa shape index (κ1) is 29.6. The maximum Gasteiger partial charge on any atom is 0.415 e. The van der Waals surface area contributed by atoms with E-state index in [1.165, 1.54) is 19.3 Å². The summed E-state index contributed by atoms with van der Waals surface area (Å²) in [6.45, 7) is 7.31. The number of amides is 1. The molecule has 7 rings (SSSR count). The van der Waals surface area contributed by atoms with E-state index >= 15 is 0 Å². The van der Waals surface area contributed by atoms with Crippen molar-refractivity contribution >= 4 is 28.7 Å². The molecule has 236 valence electrons. The van der Waals surface area contributed by atoms with Crippen LogP contribution in [0.15, 0.2) is 34.1 Å². The lowest BCUT2D eigenvalue weighted by Gasteiger charge is -2.39. The summed E-state index contributed by atoms with van der Waals surface area (Å²) in [5.74, 6) is -0.334. The van der Waals surface area contributed by atoms with Gasteiger partial charge in [0.1, 0.15) is 12.4 Å². The number of hydrogen-bond donors (Lipinski definition) is 1. The van der Waals surface area contributed by atoms with Crippen LogP contribution in [0.25, 0.3) is 22.3 Å². The number of benzene rings is 1. The first-order chi connectivity index (χ1) is 21.7. The maximum absolute atomic E-state index is 13.7. The van der Waals surface area contributed by atoms with Crippen LogP contribution in [0.1, 0.15) is 74.6 Å². The smallest absolute Gasteiger partial charge is 0.415 e. The number of hydrogen-bond acceptors (Lipinski definition) is 9. The molecule has 0 aliphatic carbocycles. The molecule has 0 spiro atoms. The highest BCUT2D eigenvalue weighted by molar-refractivity contribution is 6.12. The number of fused-ring (bicyclic) bond motifs is 5. The number of likely N-dealkylation sites (tertiary alicyclic amines) is 2. The third kappa shape index (κ3) is 4.84. The zero-order valence-electron chi connectivity index (χ0n) is 26.1. The molecular formula is C34H39N5O6. The van der Waals surface area contributed by atoms with Crippen LogP contribution >= 0.6 is 0 Å². The van der Waals surface area contributed by atoms with Crippen LogP contribution in [0.4, 0.5) is 4.79 Å². The lowest BCUT2D eigenvalue weighted by atomic mass is 9.86. The molecule has 45 heavy (non-hydrogen) atoms. The van der Waals surface area contributed by atoms with Crippen molar-refractivity contribution in [1.82, 2.24) is 19.4 Å². The molecule has 1 N–H and O–H groups in total. The molecule has 0 unspecified atom stereocenters. The molecule has 0 bridgehead atoms. The number of esters is 1. The number of carbonyl (C=O) groups is 2. The summed E-state index contributed by atoms with van der Waals surface area (Å²) in [5, 5.41) is 12.0. The number of ether oxygens (including phenoxy) is 2. The van der Waals surface area contributed by atoms with E-state index in [2.05, 4.69) is 9.89 Å². The van der Waals surface area contributed by atoms with Crippen molar-refractivity contribution in [1.29, 1.82) is 0 Å². The van der Waals surface area contributed by atoms with E-state index in [0.29, 0.717) is 41.8 Å². The monoisotopic (exact) mass is 613 g/mol. The minimum atomic E-state index is -1.90. The second-order valence-corrected chi connectivity index (χ2v) is 12.6. The van der Waals surface area contributed by atoms with Gasteiger partial charge in [-0.3, -0.25) is 9.79 Å². The highest BCUT2D eigenvalue weighted by Crippen LogP contribution is 2.41. The average molecular weight is 614 g/mol. The normalized spacial score (nSPS) is 22.2. The molecule has 4 aliphatic heterocycles. The van der Waals surface area contributed by atoms with E-state index in [1.807, 2.05) is 19.1 Å². The van der Waals surface area contributed by atoms with Crippen molar-refractivity contribution < 1.29 is 24.2 Å². The summed E-state index contributed by atoms with van der Waals surface area (Å²) in [5.41, 5.74) is 2.48. The molecule has 11 heteroatoms. The maximum atomic E-state index is 13.7. The van der Waals surface area contributed by atoms with Crippen LogP contribution in [0.5, 0.6) is 5.75 Å². The van der Waals surface area contributed by atoms with Gasteiger partial charge in [0.2, 0.25) is 0 Å². The van der Waals surface area contributed by atoms with E-state index < -0.39 is 11.6 Å². The van der Waals surface area contributed by atoms with E-state index in [1.54, 1.807) is 35.6 Å². The van der Waals surface area contributed by atoms with E-state index in [-0.39, 0.29) is 42.4 Å². The number of rotatable bonds is 4. The first-order valence-corrected chi connectivity index (χ1v) is 16.0. The molecule has 4 aliphatic rings. The number of aromatic nitrogens is 2. The van der Waals surface area contributed by atoms with Crippen molar-refractivity contribution in [2.24, 2.45) is 4.99 Å². The Labute approximate surface area is 261 Å². The van der Waals surface area contributed by atoms with Crippen molar-refractivity contribution in [3.63, 3.8) is 0 Å².